The summed E-state index contributed by atoms with van der Waals surface area (Å²) in [5.41, 5.74) is 0.111. The molecule has 0 bridgehead atoms. The van der Waals surface area contributed by atoms with Crippen LogP contribution >= 0.6 is 0 Å². The summed E-state index contributed by atoms with van der Waals surface area (Å²) in [6.07, 6.45) is 6.49. The van der Waals surface area contributed by atoms with Crippen molar-refractivity contribution in [3.63, 3.8) is 0 Å². The lowest BCUT2D eigenvalue weighted by atomic mass is 10.2. The van der Waals surface area contributed by atoms with E-state index >= 15 is 0 Å². The molecular weight excluding hydrogens is 360 g/mol. The number of sulfonamides is 1. The predicted molar refractivity (Wildman–Crippen MR) is 91.3 cm³/mol. The summed E-state index contributed by atoms with van der Waals surface area (Å²) in [7, 11) is -3.74. The van der Waals surface area contributed by atoms with Gasteiger partial charge in [0.05, 0.1) is 29.8 Å². The van der Waals surface area contributed by atoms with Crippen LogP contribution in [0.15, 0.2) is 52.0 Å². The van der Waals surface area contributed by atoms with Crippen molar-refractivity contribution in [3.8, 4) is 12.3 Å². The predicted octanol–water partition coefficient (Wildman–Crippen LogP) is 0.664. The SMILES string of the molecule is C#CCNS(=O)(=O)c1ccc(C(=O)OCC(=O)NCc2ccco2)cc1. The average Bonchev–Trinajstić information content (AvgIpc) is 3.16. The molecular formula is C17H16N2O6S. The Morgan fingerprint density at radius 1 is 1.19 bits per heavy atom. The molecule has 0 saturated heterocycles. The minimum Gasteiger partial charge on any atom is -0.467 e. The van der Waals surface area contributed by atoms with E-state index in [2.05, 4.69) is 16.0 Å². The fraction of sp³-hybridized carbons (Fsp3) is 0.176. The van der Waals surface area contributed by atoms with Gasteiger partial charge in [-0.1, -0.05) is 5.92 Å². The molecule has 2 N–H and O–H groups in total. The molecule has 0 atom stereocenters. The summed E-state index contributed by atoms with van der Waals surface area (Å²) in [5, 5.41) is 2.53. The van der Waals surface area contributed by atoms with Crippen LogP contribution in [-0.4, -0.2) is 33.4 Å². The van der Waals surface area contributed by atoms with Crippen molar-refractivity contribution in [2.45, 2.75) is 11.4 Å². The third-order valence-corrected chi connectivity index (χ3v) is 4.56. The first-order valence-electron chi connectivity index (χ1n) is 7.42. The van der Waals surface area contributed by atoms with Gasteiger partial charge < -0.3 is 14.5 Å². The number of hydrogen-bond acceptors (Lipinski definition) is 6. The Hall–Kier alpha value is -3.09. The van der Waals surface area contributed by atoms with E-state index in [4.69, 9.17) is 15.6 Å². The molecule has 0 aliphatic heterocycles. The molecule has 136 valence electrons. The van der Waals surface area contributed by atoms with Crippen LogP contribution in [0.2, 0.25) is 0 Å². The third-order valence-electron chi connectivity index (χ3n) is 3.14. The molecule has 0 fully saturated rings. The summed E-state index contributed by atoms with van der Waals surface area (Å²) < 4.78 is 35.9. The van der Waals surface area contributed by atoms with Gasteiger partial charge >= 0.3 is 5.97 Å². The van der Waals surface area contributed by atoms with Crippen LogP contribution in [0.25, 0.3) is 0 Å². The van der Waals surface area contributed by atoms with E-state index in [1.807, 2.05) is 0 Å². The summed E-state index contributed by atoms with van der Waals surface area (Å²) >= 11 is 0. The van der Waals surface area contributed by atoms with Crippen LogP contribution in [0.4, 0.5) is 0 Å². The number of ether oxygens (including phenoxy) is 1. The van der Waals surface area contributed by atoms with Gasteiger partial charge in [-0.3, -0.25) is 4.79 Å². The molecule has 0 aliphatic carbocycles. The summed E-state index contributed by atoms with van der Waals surface area (Å²) in [4.78, 5) is 23.5. The van der Waals surface area contributed by atoms with Crippen LogP contribution in [-0.2, 0) is 26.1 Å². The van der Waals surface area contributed by atoms with Crippen molar-refractivity contribution in [2.75, 3.05) is 13.2 Å². The minimum absolute atomic E-state index is 0.0412. The molecule has 0 radical (unpaired) electrons. The van der Waals surface area contributed by atoms with Gasteiger partial charge in [0.2, 0.25) is 10.0 Å². The first kappa shape index (κ1) is 19.2. The molecule has 0 saturated carbocycles. The van der Waals surface area contributed by atoms with Crippen molar-refractivity contribution in [3.05, 3.63) is 54.0 Å². The fourth-order valence-corrected chi connectivity index (χ4v) is 2.79. The molecule has 1 amide bonds. The largest absolute Gasteiger partial charge is 0.467 e. The lowest BCUT2D eigenvalue weighted by molar-refractivity contribution is -0.124. The van der Waals surface area contributed by atoms with E-state index in [-0.39, 0.29) is 23.5 Å². The highest BCUT2D eigenvalue weighted by atomic mass is 32.2. The quantitative estimate of drug-likeness (QED) is 0.517. The Bertz CT molecular complexity index is 896. The number of terminal acetylenes is 1. The van der Waals surface area contributed by atoms with Crippen LogP contribution in [0.3, 0.4) is 0 Å². The molecule has 2 aromatic rings. The molecule has 2 rings (SSSR count). The lowest BCUT2D eigenvalue weighted by Gasteiger charge is -2.07. The van der Waals surface area contributed by atoms with Crippen LogP contribution < -0.4 is 10.0 Å². The second kappa shape index (κ2) is 8.84. The standard InChI is InChI=1S/C17H16N2O6S/c1-2-9-19-26(22,23)15-7-5-13(6-8-15)17(21)25-12-16(20)18-11-14-4-3-10-24-14/h1,3-8,10,19H,9,11-12H2,(H,18,20). The maximum Gasteiger partial charge on any atom is 0.338 e. The molecule has 26 heavy (non-hydrogen) atoms. The van der Waals surface area contributed by atoms with Crippen molar-refractivity contribution < 1.29 is 27.2 Å². The summed E-state index contributed by atoms with van der Waals surface area (Å²) in [6.45, 7) is -0.427. The molecule has 0 spiro atoms. The van der Waals surface area contributed by atoms with Crippen molar-refractivity contribution in [2.24, 2.45) is 0 Å². The topological polar surface area (TPSA) is 115 Å². The van der Waals surface area contributed by atoms with E-state index in [0.717, 1.165) is 0 Å². The van der Waals surface area contributed by atoms with Crippen molar-refractivity contribution in [1.29, 1.82) is 0 Å². The van der Waals surface area contributed by atoms with E-state index in [0.29, 0.717) is 5.76 Å². The Kier molecular flexibility index (Phi) is 6.54. The number of carbonyl (C=O) groups is 2. The van der Waals surface area contributed by atoms with Gasteiger partial charge in [0.1, 0.15) is 5.76 Å². The smallest absolute Gasteiger partial charge is 0.338 e. The fourth-order valence-electron chi connectivity index (χ4n) is 1.85. The molecule has 8 nitrogen and oxygen atoms in total. The zero-order chi connectivity index (χ0) is 19.0. The zero-order valence-corrected chi connectivity index (χ0v) is 14.4. The van der Waals surface area contributed by atoms with Gasteiger partial charge in [-0.2, -0.15) is 4.72 Å². The highest BCUT2D eigenvalue weighted by molar-refractivity contribution is 7.89. The maximum atomic E-state index is 11.9. The molecule has 9 heteroatoms. The number of benzene rings is 1. The van der Waals surface area contributed by atoms with Gasteiger partial charge in [-0.05, 0) is 36.4 Å². The molecule has 0 aliphatic rings. The Morgan fingerprint density at radius 2 is 1.92 bits per heavy atom. The van der Waals surface area contributed by atoms with Crippen molar-refractivity contribution in [1.82, 2.24) is 10.0 Å². The third kappa shape index (κ3) is 5.47. The second-order valence-corrected chi connectivity index (χ2v) is 6.75. The number of hydrogen-bond donors (Lipinski definition) is 2. The summed E-state index contributed by atoms with van der Waals surface area (Å²) in [5.74, 6) is 1.49. The monoisotopic (exact) mass is 376 g/mol. The molecule has 1 heterocycles. The number of carbonyl (C=O) groups excluding carboxylic acids is 2. The Balaban J connectivity index is 1.85. The van der Waals surface area contributed by atoms with Gasteiger partial charge in [0.25, 0.3) is 5.91 Å². The first-order valence-corrected chi connectivity index (χ1v) is 8.90. The second-order valence-electron chi connectivity index (χ2n) is 4.99. The van der Waals surface area contributed by atoms with Crippen LogP contribution in [0.1, 0.15) is 16.1 Å². The number of esters is 1. The summed E-state index contributed by atoms with van der Waals surface area (Å²) in [6, 6.07) is 8.44. The van der Waals surface area contributed by atoms with Crippen LogP contribution in [0, 0.1) is 12.3 Å². The zero-order valence-electron chi connectivity index (χ0n) is 13.6. The van der Waals surface area contributed by atoms with E-state index in [1.54, 1.807) is 12.1 Å². The van der Waals surface area contributed by atoms with Gasteiger partial charge in [0.15, 0.2) is 6.61 Å². The van der Waals surface area contributed by atoms with E-state index < -0.39 is 28.5 Å². The minimum atomic E-state index is -3.74. The highest BCUT2D eigenvalue weighted by Gasteiger charge is 2.15. The van der Waals surface area contributed by atoms with Crippen LogP contribution in [0.5, 0.6) is 0 Å². The number of furan rings is 1. The average molecular weight is 376 g/mol. The van der Waals surface area contributed by atoms with E-state index in [9.17, 15) is 18.0 Å². The maximum absolute atomic E-state index is 11.9. The number of nitrogens with one attached hydrogen (secondary N) is 2. The molecule has 0 unspecified atom stereocenters. The van der Waals surface area contributed by atoms with Gasteiger partial charge in [-0.15, -0.1) is 6.42 Å². The van der Waals surface area contributed by atoms with Gasteiger partial charge in [0, 0.05) is 0 Å². The molecule has 1 aromatic carbocycles. The highest BCUT2D eigenvalue weighted by Crippen LogP contribution is 2.11. The lowest BCUT2D eigenvalue weighted by Crippen LogP contribution is -2.28. The number of rotatable bonds is 8. The number of amides is 1. The van der Waals surface area contributed by atoms with Gasteiger partial charge in [-0.25, -0.2) is 13.2 Å². The Labute approximate surface area is 150 Å². The normalized spacial score (nSPS) is 10.7. The van der Waals surface area contributed by atoms with Crippen molar-refractivity contribution >= 4 is 21.9 Å². The first-order chi connectivity index (χ1) is 12.4. The molecule has 1 aromatic heterocycles. The Morgan fingerprint density at radius 3 is 2.54 bits per heavy atom. The van der Waals surface area contributed by atoms with E-state index in [1.165, 1.54) is 30.5 Å².